The molecular weight excluding hydrogens is 270 g/mol. The zero-order chi connectivity index (χ0) is 11.9. The first-order valence-corrected chi connectivity index (χ1v) is 5.91. The molecule has 0 bridgehead atoms. The van der Waals surface area contributed by atoms with E-state index < -0.39 is 0 Å². The molecule has 1 aliphatic rings. The number of fused-ring (bicyclic) bond motifs is 1. The number of benzene rings is 1. The first-order valence-electron chi connectivity index (χ1n) is 5.12. The monoisotopic (exact) mass is 281 g/mol. The van der Waals surface area contributed by atoms with Crippen LogP contribution in [-0.2, 0) is 11.2 Å². The summed E-state index contributed by atoms with van der Waals surface area (Å²) in [6.07, 6.45) is 0.853. The molecule has 16 heavy (non-hydrogen) atoms. The fourth-order valence-corrected chi connectivity index (χ4v) is 2.67. The summed E-state index contributed by atoms with van der Waals surface area (Å²) in [7, 11) is 0. The Balaban J connectivity index is 2.54. The number of hydrogen-bond donors (Lipinski definition) is 0. The number of amides is 1. The number of rotatable bonds is 1. The van der Waals surface area contributed by atoms with Crippen LogP contribution in [0.1, 0.15) is 29.8 Å². The van der Waals surface area contributed by atoms with Crippen LogP contribution in [0.4, 0.5) is 5.69 Å². The van der Waals surface area contributed by atoms with Crippen LogP contribution in [0.2, 0.25) is 0 Å². The zero-order valence-corrected chi connectivity index (χ0v) is 10.8. The van der Waals surface area contributed by atoms with Gasteiger partial charge in [0.2, 0.25) is 5.91 Å². The van der Waals surface area contributed by atoms with Crippen LogP contribution in [0, 0.1) is 0 Å². The van der Waals surface area contributed by atoms with E-state index in [0.29, 0.717) is 12.1 Å². The Kier molecular flexibility index (Phi) is 2.84. The standard InChI is InChI=1S/C12H12BrNO2/c1-7(15)10-6-12-9(5-11(10)13)3-4-14(12)8(2)16/h5-6H,3-4H2,1-2H3. The smallest absolute Gasteiger partial charge is 0.223 e. The lowest BCUT2D eigenvalue weighted by atomic mass is 10.1. The third-order valence-electron chi connectivity index (χ3n) is 2.82. The van der Waals surface area contributed by atoms with Gasteiger partial charge in [-0.2, -0.15) is 0 Å². The highest BCUT2D eigenvalue weighted by molar-refractivity contribution is 9.10. The number of carbonyl (C=O) groups is 2. The molecule has 0 radical (unpaired) electrons. The van der Waals surface area contributed by atoms with E-state index in [9.17, 15) is 9.59 Å². The lowest BCUT2D eigenvalue weighted by Gasteiger charge is -2.15. The Morgan fingerprint density at radius 1 is 1.31 bits per heavy atom. The summed E-state index contributed by atoms with van der Waals surface area (Å²) < 4.78 is 0.809. The van der Waals surface area contributed by atoms with Crippen LogP contribution in [0.25, 0.3) is 0 Å². The molecule has 3 nitrogen and oxygen atoms in total. The molecule has 1 heterocycles. The van der Waals surface area contributed by atoms with E-state index in [1.807, 2.05) is 6.07 Å². The Hall–Kier alpha value is -1.16. The second-order valence-electron chi connectivity index (χ2n) is 3.94. The van der Waals surface area contributed by atoms with E-state index in [-0.39, 0.29) is 11.7 Å². The first kappa shape index (κ1) is 11.3. The SMILES string of the molecule is CC(=O)c1cc2c(cc1Br)CCN2C(C)=O. The van der Waals surface area contributed by atoms with Crippen molar-refractivity contribution in [1.29, 1.82) is 0 Å². The van der Waals surface area contributed by atoms with Crippen molar-refractivity contribution < 1.29 is 9.59 Å². The number of carbonyl (C=O) groups excluding carboxylic acids is 2. The molecule has 0 saturated heterocycles. The van der Waals surface area contributed by atoms with Crippen molar-refractivity contribution in [2.45, 2.75) is 20.3 Å². The molecule has 1 aliphatic heterocycles. The molecule has 2 rings (SSSR count). The number of nitrogens with zero attached hydrogens (tertiary/aromatic N) is 1. The molecule has 4 heteroatoms. The van der Waals surface area contributed by atoms with E-state index in [2.05, 4.69) is 15.9 Å². The van der Waals surface area contributed by atoms with Gasteiger partial charge >= 0.3 is 0 Å². The topological polar surface area (TPSA) is 37.4 Å². The predicted octanol–water partition coefficient (Wildman–Crippen LogP) is 2.56. The molecule has 1 aromatic carbocycles. The Labute approximate surface area is 103 Å². The van der Waals surface area contributed by atoms with Crippen LogP contribution in [0.5, 0.6) is 0 Å². The predicted molar refractivity (Wildman–Crippen MR) is 65.9 cm³/mol. The van der Waals surface area contributed by atoms with Crippen LogP contribution < -0.4 is 4.90 Å². The highest BCUT2D eigenvalue weighted by atomic mass is 79.9. The third kappa shape index (κ3) is 1.78. The van der Waals surface area contributed by atoms with Gasteiger partial charge in [0.15, 0.2) is 5.78 Å². The maximum Gasteiger partial charge on any atom is 0.223 e. The zero-order valence-electron chi connectivity index (χ0n) is 9.21. The molecule has 0 aliphatic carbocycles. The molecule has 0 N–H and O–H groups in total. The molecule has 84 valence electrons. The summed E-state index contributed by atoms with van der Waals surface area (Å²) in [5.41, 5.74) is 2.62. The van der Waals surface area contributed by atoms with Crippen LogP contribution in [0.15, 0.2) is 16.6 Å². The molecule has 0 saturated carbocycles. The van der Waals surface area contributed by atoms with Crippen molar-refractivity contribution in [3.05, 3.63) is 27.7 Å². The summed E-state index contributed by atoms with van der Waals surface area (Å²) in [5.74, 6) is 0.0284. The number of Topliss-reactive ketones (excluding diaryl/α,β-unsaturated/α-hetero) is 1. The molecule has 0 spiro atoms. The summed E-state index contributed by atoms with van der Waals surface area (Å²) >= 11 is 3.38. The van der Waals surface area contributed by atoms with Gasteiger partial charge in [0.25, 0.3) is 0 Å². The van der Waals surface area contributed by atoms with E-state index >= 15 is 0 Å². The first-order chi connectivity index (χ1) is 7.50. The minimum absolute atomic E-state index is 0.00470. The van der Waals surface area contributed by atoms with Gasteiger partial charge in [-0.05, 0) is 31.0 Å². The highest BCUT2D eigenvalue weighted by Crippen LogP contribution is 2.33. The van der Waals surface area contributed by atoms with Gasteiger partial charge in [-0.1, -0.05) is 15.9 Å². The fourth-order valence-electron chi connectivity index (χ4n) is 2.00. The summed E-state index contributed by atoms with van der Waals surface area (Å²) in [4.78, 5) is 24.5. The normalized spacial score (nSPS) is 13.8. The molecule has 0 unspecified atom stereocenters. The van der Waals surface area contributed by atoms with Gasteiger partial charge in [-0.15, -0.1) is 0 Å². The van der Waals surface area contributed by atoms with Crippen LogP contribution in [-0.4, -0.2) is 18.2 Å². The van der Waals surface area contributed by atoms with Gasteiger partial charge in [0.1, 0.15) is 0 Å². The Morgan fingerprint density at radius 3 is 2.56 bits per heavy atom. The lowest BCUT2D eigenvalue weighted by Crippen LogP contribution is -2.25. The van der Waals surface area contributed by atoms with Gasteiger partial charge < -0.3 is 4.90 Å². The van der Waals surface area contributed by atoms with Crippen LogP contribution in [0.3, 0.4) is 0 Å². The van der Waals surface area contributed by atoms with Crippen LogP contribution >= 0.6 is 15.9 Å². The Bertz CT molecular complexity index is 482. The van der Waals surface area contributed by atoms with Gasteiger partial charge in [0.05, 0.1) is 0 Å². The molecule has 1 aromatic rings. The molecular formula is C12H12BrNO2. The van der Waals surface area contributed by atoms with Crippen molar-refractivity contribution in [2.75, 3.05) is 11.4 Å². The number of ketones is 1. The van der Waals surface area contributed by atoms with E-state index in [1.54, 1.807) is 17.9 Å². The lowest BCUT2D eigenvalue weighted by molar-refractivity contribution is -0.116. The molecule has 0 fully saturated rings. The maximum absolute atomic E-state index is 11.4. The van der Waals surface area contributed by atoms with E-state index in [4.69, 9.17) is 0 Å². The summed E-state index contributed by atoms with van der Waals surface area (Å²) in [6, 6.07) is 3.74. The second kappa shape index (κ2) is 4.01. The average molecular weight is 282 g/mol. The second-order valence-corrected chi connectivity index (χ2v) is 4.79. The van der Waals surface area contributed by atoms with Crippen molar-refractivity contribution in [3.8, 4) is 0 Å². The minimum Gasteiger partial charge on any atom is -0.312 e. The van der Waals surface area contributed by atoms with Crippen molar-refractivity contribution in [3.63, 3.8) is 0 Å². The van der Waals surface area contributed by atoms with Crippen molar-refractivity contribution >= 4 is 33.3 Å². The largest absolute Gasteiger partial charge is 0.312 e. The van der Waals surface area contributed by atoms with E-state index in [0.717, 1.165) is 22.1 Å². The molecule has 0 atom stereocenters. The number of anilines is 1. The maximum atomic E-state index is 11.4. The Morgan fingerprint density at radius 2 is 2.00 bits per heavy atom. The molecule has 1 amide bonds. The third-order valence-corrected chi connectivity index (χ3v) is 3.48. The van der Waals surface area contributed by atoms with E-state index in [1.165, 1.54) is 6.92 Å². The summed E-state index contributed by atoms with van der Waals surface area (Å²) in [6.45, 7) is 3.78. The fraction of sp³-hybridized carbons (Fsp3) is 0.333. The minimum atomic E-state index is 0.00470. The highest BCUT2D eigenvalue weighted by Gasteiger charge is 2.24. The van der Waals surface area contributed by atoms with Gasteiger partial charge in [-0.25, -0.2) is 0 Å². The van der Waals surface area contributed by atoms with Crippen molar-refractivity contribution in [1.82, 2.24) is 0 Å². The number of halogens is 1. The van der Waals surface area contributed by atoms with Gasteiger partial charge in [-0.3, -0.25) is 9.59 Å². The molecule has 0 aromatic heterocycles. The number of hydrogen-bond acceptors (Lipinski definition) is 2. The van der Waals surface area contributed by atoms with Crippen molar-refractivity contribution in [2.24, 2.45) is 0 Å². The van der Waals surface area contributed by atoms with Gasteiger partial charge in [0, 0.05) is 29.2 Å². The average Bonchev–Trinajstić information content (AvgIpc) is 2.58. The summed E-state index contributed by atoms with van der Waals surface area (Å²) in [5, 5.41) is 0. The quantitative estimate of drug-likeness (QED) is 0.742.